The first kappa shape index (κ1) is 20.9. The molecule has 0 unspecified atom stereocenters. The van der Waals surface area contributed by atoms with Crippen molar-refractivity contribution >= 4 is 17.5 Å². The highest BCUT2D eigenvalue weighted by molar-refractivity contribution is 5.99. The molecule has 0 aliphatic carbocycles. The van der Waals surface area contributed by atoms with Gasteiger partial charge in [-0.25, -0.2) is 0 Å². The van der Waals surface area contributed by atoms with Crippen molar-refractivity contribution in [2.75, 3.05) is 58.3 Å². The lowest BCUT2D eigenvalue weighted by Gasteiger charge is -2.36. The van der Waals surface area contributed by atoms with Crippen LogP contribution in [-0.2, 0) is 0 Å². The lowest BCUT2D eigenvalue weighted by molar-refractivity contribution is 0.0747. The highest BCUT2D eigenvalue weighted by Gasteiger charge is 2.23. The van der Waals surface area contributed by atoms with Gasteiger partial charge in [0.25, 0.3) is 11.8 Å². The van der Waals surface area contributed by atoms with Crippen LogP contribution in [0, 0.1) is 6.92 Å². The van der Waals surface area contributed by atoms with Gasteiger partial charge in [-0.05, 0) is 56.9 Å². The Balaban J connectivity index is 1.59. The van der Waals surface area contributed by atoms with Gasteiger partial charge in [-0.15, -0.1) is 0 Å². The summed E-state index contributed by atoms with van der Waals surface area (Å²) in [6.45, 7) is 6.39. The molecule has 1 fully saturated rings. The minimum absolute atomic E-state index is 0.0168. The monoisotopic (exact) mass is 394 g/mol. The van der Waals surface area contributed by atoms with E-state index >= 15 is 0 Å². The van der Waals surface area contributed by atoms with Crippen molar-refractivity contribution in [3.63, 3.8) is 0 Å². The summed E-state index contributed by atoms with van der Waals surface area (Å²) < 4.78 is 0. The molecule has 1 heterocycles. The fourth-order valence-corrected chi connectivity index (χ4v) is 3.46. The summed E-state index contributed by atoms with van der Waals surface area (Å²) in [7, 11) is 3.92. The Morgan fingerprint density at radius 1 is 0.966 bits per heavy atom. The molecule has 0 radical (unpaired) electrons. The lowest BCUT2D eigenvalue weighted by atomic mass is 10.1. The largest absolute Gasteiger partial charge is 0.368 e. The molecule has 2 amide bonds. The van der Waals surface area contributed by atoms with Crippen LogP contribution in [0.25, 0.3) is 0 Å². The van der Waals surface area contributed by atoms with E-state index in [1.807, 2.05) is 23.9 Å². The Morgan fingerprint density at radius 2 is 1.66 bits per heavy atom. The molecule has 2 aromatic rings. The second kappa shape index (κ2) is 9.56. The predicted octanol–water partition coefficient (Wildman–Crippen LogP) is 2.25. The molecule has 29 heavy (non-hydrogen) atoms. The zero-order valence-electron chi connectivity index (χ0n) is 17.5. The van der Waals surface area contributed by atoms with E-state index in [2.05, 4.69) is 41.4 Å². The minimum atomic E-state index is -0.147. The van der Waals surface area contributed by atoms with Crippen molar-refractivity contribution in [1.29, 1.82) is 0 Å². The molecule has 1 aliphatic heterocycles. The number of hydrogen-bond donors (Lipinski definition) is 1. The molecule has 6 heteroatoms. The maximum Gasteiger partial charge on any atom is 0.253 e. The average Bonchev–Trinajstić information content (AvgIpc) is 2.73. The van der Waals surface area contributed by atoms with E-state index in [0.717, 1.165) is 19.6 Å². The number of likely N-dealkylation sites (N-methyl/N-ethyl adjacent to an activating group) is 1. The Kier molecular flexibility index (Phi) is 6.88. The summed E-state index contributed by atoms with van der Waals surface area (Å²) in [5, 5.41) is 2.89. The van der Waals surface area contributed by atoms with Gasteiger partial charge in [-0.3, -0.25) is 9.59 Å². The number of anilines is 1. The number of amides is 2. The van der Waals surface area contributed by atoms with Gasteiger partial charge in [0.1, 0.15) is 0 Å². The highest BCUT2D eigenvalue weighted by atomic mass is 16.2. The third-order valence-corrected chi connectivity index (χ3v) is 5.15. The third-order valence-electron chi connectivity index (χ3n) is 5.15. The molecular formula is C23H30N4O2. The minimum Gasteiger partial charge on any atom is -0.368 e. The van der Waals surface area contributed by atoms with E-state index in [-0.39, 0.29) is 11.8 Å². The molecule has 6 nitrogen and oxygen atoms in total. The summed E-state index contributed by atoms with van der Waals surface area (Å²) in [6.07, 6.45) is 0. The smallest absolute Gasteiger partial charge is 0.253 e. The molecule has 0 aromatic heterocycles. The van der Waals surface area contributed by atoms with Crippen molar-refractivity contribution in [2.24, 2.45) is 0 Å². The average molecular weight is 395 g/mol. The Bertz CT molecular complexity index is 857. The normalized spacial score (nSPS) is 14.2. The summed E-state index contributed by atoms with van der Waals surface area (Å²) in [5.74, 6) is -0.164. The highest BCUT2D eigenvalue weighted by Crippen LogP contribution is 2.19. The molecule has 0 bridgehead atoms. The van der Waals surface area contributed by atoms with Crippen LogP contribution in [0.5, 0.6) is 0 Å². The van der Waals surface area contributed by atoms with E-state index in [4.69, 9.17) is 0 Å². The molecule has 1 N–H and O–H groups in total. The van der Waals surface area contributed by atoms with E-state index in [1.54, 1.807) is 24.3 Å². The SMILES string of the molecule is Cc1cccc(N2CCN(C(=O)c3cccc(C(=O)NCCN(C)C)c3)CC2)c1. The van der Waals surface area contributed by atoms with Crippen LogP contribution in [0.4, 0.5) is 5.69 Å². The number of rotatable bonds is 6. The lowest BCUT2D eigenvalue weighted by Crippen LogP contribution is -2.48. The molecule has 0 spiro atoms. The second-order valence-corrected chi connectivity index (χ2v) is 7.76. The topological polar surface area (TPSA) is 55.9 Å². The van der Waals surface area contributed by atoms with Gasteiger partial charge < -0.3 is 20.0 Å². The first-order valence-corrected chi connectivity index (χ1v) is 10.1. The van der Waals surface area contributed by atoms with Crippen molar-refractivity contribution in [2.45, 2.75) is 6.92 Å². The van der Waals surface area contributed by atoms with Gasteiger partial charge in [0.15, 0.2) is 0 Å². The molecule has 1 aliphatic rings. The van der Waals surface area contributed by atoms with Gasteiger partial charge in [-0.2, -0.15) is 0 Å². The molecule has 154 valence electrons. The number of hydrogen-bond acceptors (Lipinski definition) is 4. The van der Waals surface area contributed by atoms with Crippen LogP contribution in [0.2, 0.25) is 0 Å². The summed E-state index contributed by atoms with van der Waals surface area (Å²) in [6, 6.07) is 15.4. The summed E-state index contributed by atoms with van der Waals surface area (Å²) in [5.41, 5.74) is 3.53. The van der Waals surface area contributed by atoms with E-state index in [9.17, 15) is 9.59 Å². The molecule has 3 rings (SSSR count). The first-order valence-electron chi connectivity index (χ1n) is 10.1. The Morgan fingerprint density at radius 3 is 2.34 bits per heavy atom. The number of aryl methyl sites for hydroxylation is 1. The number of carbonyl (C=O) groups excluding carboxylic acids is 2. The van der Waals surface area contributed by atoms with Gasteiger partial charge >= 0.3 is 0 Å². The van der Waals surface area contributed by atoms with Gasteiger partial charge in [-0.1, -0.05) is 18.2 Å². The first-order chi connectivity index (χ1) is 13.9. The quantitative estimate of drug-likeness (QED) is 0.817. The molecule has 1 saturated heterocycles. The number of carbonyl (C=O) groups is 2. The Labute approximate surface area is 173 Å². The van der Waals surface area contributed by atoms with Crippen molar-refractivity contribution in [1.82, 2.24) is 15.1 Å². The Hall–Kier alpha value is -2.86. The van der Waals surface area contributed by atoms with Gasteiger partial charge in [0.05, 0.1) is 0 Å². The van der Waals surface area contributed by atoms with Crippen LogP contribution in [0.3, 0.4) is 0 Å². The predicted molar refractivity (Wildman–Crippen MR) is 117 cm³/mol. The van der Waals surface area contributed by atoms with Crippen molar-refractivity contribution < 1.29 is 9.59 Å². The van der Waals surface area contributed by atoms with Crippen molar-refractivity contribution in [3.8, 4) is 0 Å². The maximum atomic E-state index is 12.9. The summed E-state index contributed by atoms with van der Waals surface area (Å²) >= 11 is 0. The van der Waals surface area contributed by atoms with E-state index in [1.165, 1.54) is 11.3 Å². The fraction of sp³-hybridized carbons (Fsp3) is 0.391. The fourth-order valence-electron chi connectivity index (χ4n) is 3.46. The van der Waals surface area contributed by atoms with E-state index < -0.39 is 0 Å². The van der Waals surface area contributed by atoms with Crippen LogP contribution in [0.15, 0.2) is 48.5 Å². The van der Waals surface area contributed by atoms with Crippen LogP contribution >= 0.6 is 0 Å². The molecule has 0 atom stereocenters. The van der Waals surface area contributed by atoms with Crippen molar-refractivity contribution in [3.05, 3.63) is 65.2 Å². The molecule has 2 aromatic carbocycles. The van der Waals surface area contributed by atoms with E-state index in [0.29, 0.717) is 30.8 Å². The standard InChI is InChI=1S/C23H30N4O2/c1-18-6-4-9-21(16-18)26-12-14-27(15-13-26)23(29)20-8-5-7-19(17-20)22(28)24-10-11-25(2)3/h4-9,16-17H,10-15H2,1-3H3,(H,24,28). The van der Waals surface area contributed by atoms with Crippen LogP contribution < -0.4 is 10.2 Å². The second-order valence-electron chi connectivity index (χ2n) is 7.76. The zero-order chi connectivity index (χ0) is 20.8. The van der Waals surface area contributed by atoms with Gasteiger partial charge in [0, 0.05) is 56.1 Å². The number of benzene rings is 2. The number of nitrogens with one attached hydrogen (secondary N) is 1. The van der Waals surface area contributed by atoms with Crippen LogP contribution in [0.1, 0.15) is 26.3 Å². The third kappa shape index (κ3) is 5.57. The number of piperazine rings is 1. The molecule has 0 saturated carbocycles. The number of nitrogens with zero attached hydrogens (tertiary/aromatic N) is 3. The summed E-state index contributed by atoms with van der Waals surface area (Å²) in [4.78, 5) is 31.5. The zero-order valence-corrected chi connectivity index (χ0v) is 17.5. The van der Waals surface area contributed by atoms with Gasteiger partial charge in [0.2, 0.25) is 0 Å². The maximum absolute atomic E-state index is 12.9. The van der Waals surface area contributed by atoms with Crippen LogP contribution in [-0.4, -0.2) is 75.0 Å². The molecular weight excluding hydrogens is 364 g/mol.